The third-order valence-corrected chi connectivity index (χ3v) is 4.53. The van der Waals surface area contributed by atoms with E-state index in [2.05, 4.69) is 20.5 Å². The molecule has 1 aromatic carbocycles. The van der Waals surface area contributed by atoms with Crippen LogP contribution in [-0.4, -0.2) is 64.0 Å². The molecule has 0 aromatic heterocycles. The van der Waals surface area contributed by atoms with Crippen LogP contribution in [-0.2, 0) is 13.0 Å². The molecule has 158 valence electrons. The minimum Gasteiger partial charge on any atom is -0.493 e. The van der Waals surface area contributed by atoms with E-state index < -0.39 is 12.6 Å². The fourth-order valence-corrected chi connectivity index (χ4v) is 3.10. The highest BCUT2D eigenvalue weighted by Crippen LogP contribution is 2.33. The van der Waals surface area contributed by atoms with Crippen molar-refractivity contribution in [2.75, 3.05) is 46.9 Å². The summed E-state index contributed by atoms with van der Waals surface area (Å²) in [4.78, 5) is 6.28. The van der Waals surface area contributed by atoms with Gasteiger partial charge in [0.1, 0.15) is 0 Å². The van der Waals surface area contributed by atoms with Crippen LogP contribution in [0.1, 0.15) is 24.5 Å². The van der Waals surface area contributed by atoms with E-state index in [0.29, 0.717) is 24.8 Å². The second kappa shape index (κ2) is 10.4. The average molecular weight is 402 g/mol. The number of guanidine groups is 1. The van der Waals surface area contributed by atoms with Crippen molar-refractivity contribution >= 4 is 5.96 Å². The van der Waals surface area contributed by atoms with Gasteiger partial charge >= 0.3 is 6.18 Å². The van der Waals surface area contributed by atoms with E-state index in [4.69, 9.17) is 9.47 Å². The van der Waals surface area contributed by atoms with Gasteiger partial charge in [-0.05, 0) is 36.6 Å². The quantitative estimate of drug-likeness (QED) is 0.517. The number of nitrogens with one attached hydrogen (secondary N) is 2. The molecule has 2 rings (SSSR count). The van der Waals surface area contributed by atoms with Crippen molar-refractivity contribution in [1.29, 1.82) is 0 Å². The Labute approximate surface area is 164 Å². The molecule has 0 unspecified atom stereocenters. The van der Waals surface area contributed by atoms with Crippen LogP contribution in [0.25, 0.3) is 0 Å². The number of alkyl halides is 3. The third-order valence-electron chi connectivity index (χ3n) is 4.53. The molecule has 0 amide bonds. The van der Waals surface area contributed by atoms with Gasteiger partial charge in [-0.25, -0.2) is 0 Å². The molecule has 0 spiro atoms. The largest absolute Gasteiger partial charge is 0.493 e. The number of hydrogen-bond donors (Lipinski definition) is 2. The van der Waals surface area contributed by atoms with Crippen LogP contribution in [0.15, 0.2) is 17.1 Å². The van der Waals surface area contributed by atoms with Gasteiger partial charge in [-0.15, -0.1) is 0 Å². The minimum absolute atomic E-state index is 0.280. The molecule has 1 aliphatic rings. The average Bonchev–Trinajstić information content (AvgIpc) is 2.65. The lowest BCUT2D eigenvalue weighted by molar-refractivity contribution is -0.132. The third kappa shape index (κ3) is 6.78. The van der Waals surface area contributed by atoms with E-state index in [1.807, 2.05) is 19.1 Å². The highest BCUT2D eigenvalue weighted by molar-refractivity contribution is 5.79. The van der Waals surface area contributed by atoms with Crippen molar-refractivity contribution in [1.82, 2.24) is 15.5 Å². The van der Waals surface area contributed by atoms with E-state index in [0.717, 1.165) is 31.8 Å². The maximum absolute atomic E-state index is 12.3. The van der Waals surface area contributed by atoms with Crippen LogP contribution in [0.4, 0.5) is 13.2 Å². The summed E-state index contributed by atoms with van der Waals surface area (Å²) in [6.45, 7) is 5.25. The van der Waals surface area contributed by atoms with Crippen LogP contribution in [0, 0.1) is 0 Å². The zero-order valence-electron chi connectivity index (χ0n) is 16.7. The fourth-order valence-electron chi connectivity index (χ4n) is 3.10. The molecule has 0 aliphatic carbocycles. The summed E-state index contributed by atoms with van der Waals surface area (Å²) in [5.41, 5.74) is 2.46. The van der Waals surface area contributed by atoms with E-state index in [1.165, 1.54) is 11.1 Å². The first-order valence-electron chi connectivity index (χ1n) is 9.41. The Morgan fingerprint density at radius 2 is 1.82 bits per heavy atom. The number of aliphatic imine (C=N–C) groups is 1. The second-order valence-electron chi connectivity index (χ2n) is 6.55. The summed E-state index contributed by atoms with van der Waals surface area (Å²) in [6.07, 6.45) is -4.20. The van der Waals surface area contributed by atoms with E-state index in [-0.39, 0.29) is 6.54 Å². The number of nitrogens with zero attached hydrogens (tertiary/aromatic N) is 2. The lowest BCUT2D eigenvalue weighted by atomic mass is 9.99. The topological polar surface area (TPSA) is 58.1 Å². The van der Waals surface area contributed by atoms with Crippen LogP contribution >= 0.6 is 0 Å². The summed E-state index contributed by atoms with van der Waals surface area (Å²) < 4.78 is 47.6. The van der Waals surface area contributed by atoms with Crippen molar-refractivity contribution in [3.63, 3.8) is 0 Å². The van der Waals surface area contributed by atoms with Crippen molar-refractivity contribution in [2.45, 2.75) is 32.5 Å². The lowest BCUT2D eigenvalue weighted by Crippen LogP contribution is -2.42. The molecule has 0 saturated heterocycles. The fraction of sp³-hybridized carbons (Fsp3) is 0.632. The van der Waals surface area contributed by atoms with Gasteiger partial charge in [0.15, 0.2) is 17.5 Å². The standard InChI is InChI=1S/C19H29F3N4O2/c1-4-23-18(24-7-6-19(20,21)22)25-8-10-26-9-5-14-11-16(27-2)17(28-3)12-15(14)13-26/h11-12H,4-10,13H2,1-3H3,(H2,23,24,25). The van der Waals surface area contributed by atoms with Gasteiger partial charge in [-0.3, -0.25) is 9.89 Å². The second-order valence-corrected chi connectivity index (χ2v) is 6.55. The molecule has 0 bridgehead atoms. The monoisotopic (exact) mass is 402 g/mol. The predicted octanol–water partition coefficient (Wildman–Crippen LogP) is 2.57. The molecule has 0 fully saturated rings. The number of ether oxygens (including phenoxy) is 2. The Morgan fingerprint density at radius 1 is 1.14 bits per heavy atom. The first-order chi connectivity index (χ1) is 13.4. The van der Waals surface area contributed by atoms with E-state index in [1.54, 1.807) is 14.2 Å². The maximum atomic E-state index is 12.3. The molecule has 6 nitrogen and oxygen atoms in total. The highest BCUT2D eigenvalue weighted by atomic mass is 19.4. The van der Waals surface area contributed by atoms with E-state index in [9.17, 15) is 13.2 Å². The van der Waals surface area contributed by atoms with Crippen molar-refractivity contribution in [2.24, 2.45) is 4.99 Å². The molecule has 0 saturated carbocycles. The maximum Gasteiger partial charge on any atom is 0.390 e. The van der Waals surface area contributed by atoms with Crippen LogP contribution in [0.3, 0.4) is 0 Å². The van der Waals surface area contributed by atoms with Crippen molar-refractivity contribution in [3.8, 4) is 11.5 Å². The zero-order valence-corrected chi connectivity index (χ0v) is 16.7. The first-order valence-corrected chi connectivity index (χ1v) is 9.41. The SMILES string of the molecule is CCNC(=NCCC(F)(F)F)NCCN1CCc2cc(OC)c(OC)cc2C1. The van der Waals surface area contributed by atoms with Gasteiger partial charge in [-0.1, -0.05) is 0 Å². The smallest absolute Gasteiger partial charge is 0.390 e. The number of rotatable bonds is 8. The highest BCUT2D eigenvalue weighted by Gasteiger charge is 2.26. The summed E-state index contributed by atoms with van der Waals surface area (Å²) in [5.74, 6) is 1.87. The Morgan fingerprint density at radius 3 is 2.43 bits per heavy atom. The molecule has 0 atom stereocenters. The summed E-state index contributed by atoms with van der Waals surface area (Å²) in [6, 6.07) is 4.04. The summed E-state index contributed by atoms with van der Waals surface area (Å²) in [7, 11) is 3.25. The van der Waals surface area contributed by atoms with Gasteiger partial charge < -0.3 is 20.1 Å². The Bertz CT molecular complexity index is 665. The number of benzene rings is 1. The molecular weight excluding hydrogens is 373 g/mol. The molecule has 1 aromatic rings. The number of halogens is 3. The molecular formula is C19H29F3N4O2. The first kappa shape index (κ1) is 22.1. The molecule has 9 heteroatoms. The Balaban J connectivity index is 1.87. The molecule has 1 aliphatic heterocycles. The van der Waals surface area contributed by atoms with Crippen LogP contribution < -0.4 is 20.1 Å². The number of methoxy groups -OCH3 is 2. The number of fused-ring (bicyclic) bond motifs is 1. The summed E-state index contributed by atoms with van der Waals surface area (Å²) in [5, 5.41) is 6.08. The molecule has 1 heterocycles. The molecule has 0 radical (unpaired) electrons. The predicted molar refractivity (Wildman–Crippen MR) is 103 cm³/mol. The van der Waals surface area contributed by atoms with Gasteiger partial charge in [0.2, 0.25) is 0 Å². The van der Waals surface area contributed by atoms with Gasteiger partial charge in [0, 0.05) is 32.7 Å². The van der Waals surface area contributed by atoms with Gasteiger partial charge in [-0.2, -0.15) is 13.2 Å². The van der Waals surface area contributed by atoms with Gasteiger partial charge in [0.05, 0.1) is 27.2 Å². The Kier molecular flexibility index (Phi) is 8.22. The van der Waals surface area contributed by atoms with E-state index >= 15 is 0 Å². The molecule has 2 N–H and O–H groups in total. The molecule has 28 heavy (non-hydrogen) atoms. The zero-order chi connectivity index (χ0) is 20.6. The normalized spacial score (nSPS) is 15.1. The van der Waals surface area contributed by atoms with Crippen molar-refractivity contribution < 1.29 is 22.6 Å². The van der Waals surface area contributed by atoms with Crippen molar-refractivity contribution in [3.05, 3.63) is 23.3 Å². The van der Waals surface area contributed by atoms with Crippen LogP contribution in [0.5, 0.6) is 11.5 Å². The Hall–Kier alpha value is -2.16. The van der Waals surface area contributed by atoms with Crippen LogP contribution in [0.2, 0.25) is 0 Å². The summed E-state index contributed by atoms with van der Waals surface area (Å²) >= 11 is 0. The van der Waals surface area contributed by atoms with Gasteiger partial charge in [0.25, 0.3) is 0 Å². The number of hydrogen-bond acceptors (Lipinski definition) is 4. The lowest BCUT2D eigenvalue weighted by Gasteiger charge is -2.29. The minimum atomic E-state index is -4.19.